The summed E-state index contributed by atoms with van der Waals surface area (Å²) in [5.74, 6) is 0. The van der Waals surface area contributed by atoms with Crippen molar-refractivity contribution in [1.29, 1.82) is 0 Å². The third-order valence-electron chi connectivity index (χ3n) is 1.02. The molecule has 0 spiro atoms. The van der Waals surface area contributed by atoms with Crippen LogP contribution in [0.2, 0.25) is 0 Å². The van der Waals surface area contributed by atoms with E-state index in [1.807, 2.05) is 6.07 Å². The molecule has 0 saturated heterocycles. The number of aromatic nitrogens is 1. The fourth-order valence-electron chi connectivity index (χ4n) is 0.662. The van der Waals surface area contributed by atoms with Crippen LogP contribution in [0.3, 0.4) is 0 Å². The molecule has 3 nitrogen and oxygen atoms in total. The smallest absolute Gasteiger partial charge is 0.183 e. The van der Waals surface area contributed by atoms with Crippen molar-refractivity contribution in [3.05, 3.63) is 35.3 Å². The molecular formula is C7H8N2O. The molecule has 0 atom stereocenters. The van der Waals surface area contributed by atoms with Gasteiger partial charge in [-0.15, -0.1) is 0 Å². The molecule has 52 valence electrons. The molecule has 1 aromatic rings. The van der Waals surface area contributed by atoms with Crippen molar-refractivity contribution >= 4 is 6.21 Å². The Hall–Kier alpha value is -1.38. The summed E-state index contributed by atoms with van der Waals surface area (Å²) in [7, 11) is 1.44. The summed E-state index contributed by atoms with van der Waals surface area (Å²) >= 11 is 0. The third-order valence-corrected chi connectivity index (χ3v) is 1.02. The van der Waals surface area contributed by atoms with Gasteiger partial charge >= 0.3 is 0 Å². The van der Waals surface area contributed by atoms with Gasteiger partial charge in [0.15, 0.2) is 6.21 Å². The van der Waals surface area contributed by atoms with Crippen LogP contribution < -0.4 is 0 Å². The summed E-state index contributed by atoms with van der Waals surface area (Å²) in [5, 5.41) is 10.4. The molecule has 0 radical (unpaired) electrons. The van der Waals surface area contributed by atoms with Crippen molar-refractivity contribution in [2.24, 2.45) is 0 Å². The number of pyridine rings is 1. The molecule has 1 aromatic heterocycles. The Bertz CT molecular complexity index is 227. The van der Waals surface area contributed by atoms with Gasteiger partial charge in [-0.05, 0) is 12.1 Å². The third kappa shape index (κ3) is 1.85. The molecule has 1 rings (SSSR count). The fourth-order valence-corrected chi connectivity index (χ4v) is 0.662. The van der Waals surface area contributed by atoms with Crippen LogP contribution in [0.25, 0.3) is 0 Å². The monoisotopic (exact) mass is 136 g/mol. The van der Waals surface area contributed by atoms with E-state index in [0.717, 1.165) is 10.3 Å². The summed E-state index contributed by atoms with van der Waals surface area (Å²) in [4.78, 5) is 3.84. The molecule has 0 aromatic carbocycles. The maximum atomic E-state index is 10.4. The van der Waals surface area contributed by atoms with E-state index in [-0.39, 0.29) is 0 Å². The first-order valence-electron chi connectivity index (χ1n) is 2.94. The van der Waals surface area contributed by atoms with Crippen LogP contribution in [0.4, 0.5) is 0 Å². The molecule has 0 aliphatic rings. The lowest BCUT2D eigenvalue weighted by Crippen LogP contribution is -1.97. The van der Waals surface area contributed by atoms with Gasteiger partial charge in [0.2, 0.25) is 0 Å². The van der Waals surface area contributed by atoms with Crippen LogP contribution in [-0.4, -0.2) is 23.0 Å². The first-order valence-corrected chi connectivity index (χ1v) is 2.94. The van der Waals surface area contributed by atoms with Crippen molar-refractivity contribution in [3.63, 3.8) is 0 Å². The minimum absolute atomic E-state index is 0.747. The van der Waals surface area contributed by atoms with E-state index in [2.05, 4.69) is 4.98 Å². The van der Waals surface area contributed by atoms with Gasteiger partial charge < -0.3 is 5.21 Å². The standard InChI is InChI=1S/C7H8N2O/c1-9(10)6-7-3-2-4-8-5-7/h2-6H,1H3/b9-6-. The minimum atomic E-state index is 0.747. The summed E-state index contributed by atoms with van der Waals surface area (Å²) < 4.78 is 0.747. The van der Waals surface area contributed by atoms with Crippen molar-refractivity contribution in [2.45, 2.75) is 0 Å². The summed E-state index contributed by atoms with van der Waals surface area (Å²) in [5.41, 5.74) is 0.819. The van der Waals surface area contributed by atoms with E-state index in [4.69, 9.17) is 0 Å². The van der Waals surface area contributed by atoms with Crippen molar-refractivity contribution < 1.29 is 4.74 Å². The second-order valence-corrected chi connectivity index (χ2v) is 1.96. The lowest BCUT2D eigenvalue weighted by Gasteiger charge is -1.93. The van der Waals surface area contributed by atoms with Gasteiger partial charge in [-0.25, -0.2) is 4.74 Å². The van der Waals surface area contributed by atoms with Crippen LogP contribution >= 0.6 is 0 Å². The largest absolute Gasteiger partial charge is 0.624 e. The summed E-state index contributed by atoms with van der Waals surface area (Å²) in [6, 6.07) is 3.61. The predicted molar refractivity (Wildman–Crippen MR) is 39.0 cm³/mol. The van der Waals surface area contributed by atoms with Crippen LogP contribution in [-0.2, 0) is 0 Å². The highest BCUT2D eigenvalue weighted by Crippen LogP contribution is 1.88. The van der Waals surface area contributed by atoms with Crippen LogP contribution in [0.5, 0.6) is 0 Å². The lowest BCUT2D eigenvalue weighted by atomic mass is 10.3. The summed E-state index contributed by atoms with van der Waals surface area (Å²) in [6.45, 7) is 0. The maximum Gasteiger partial charge on any atom is 0.183 e. The highest BCUT2D eigenvalue weighted by Gasteiger charge is 1.87. The van der Waals surface area contributed by atoms with Gasteiger partial charge in [-0.1, -0.05) is 0 Å². The van der Waals surface area contributed by atoms with E-state index in [0.29, 0.717) is 0 Å². The van der Waals surface area contributed by atoms with Gasteiger partial charge in [-0.3, -0.25) is 4.98 Å². The molecule has 0 unspecified atom stereocenters. The fraction of sp³-hybridized carbons (Fsp3) is 0.143. The Balaban J connectivity index is 2.87. The molecule has 0 N–H and O–H groups in total. The van der Waals surface area contributed by atoms with E-state index >= 15 is 0 Å². The molecular weight excluding hydrogens is 128 g/mol. The number of hydrogen-bond acceptors (Lipinski definition) is 2. The van der Waals surface area contributed by atoms with Crippen molar-refractivity contribution in [2.75, 3.05) is 7.05 Å². The average molecular weight is 136 g/mol. The molecule has 0 amide bonds. The predicted octanol–water partition coefficient (Wildman–Crippen LogP) is 0.641. The Morgan fingerprint density at radius 2 is 2.50 bits per heavy atom. The summed E-state index contributed by atoms with van der Waals surface area (Å²) in [6.07, 6.45) is 4.77. The lowest BCUT2D eigenvalue weighted by molar-refractivity contribution is -0.416. The van der Waals surface area contributed by atoms with Gasteiger partial charge in [0.1, 0.15) is 7.05 Å². The average Bonchev–Trinajstić information content (AvgIpc) is 1.88. The zero-order chi connectivity index (χ0) is 7.40. The van der Waals surface area contributed by atoms with E-state index in [1.54, 1.807) is 18.5 Å². The normalized spacial score (nSPS) is 11.5. The van der Waals surface area contributed by atoms with Crippen molar-refractivity contribution in [3.8, 4) is 0 Å². The van der Waals surface area contributed by atoms with Crippen LogP contribution in [0.1, 0.15) is 5.56 Å². The highest BCUT2D eigenvalue weighted by atomic mass is 16.5. The number of nitrogens with zero attached hydrogens (tertiary/aromatic N) is 2. The molecule has 0 saturated carbocycles. The number of rotatable bonds is 1. The highest BCUT2D eigenvalue weighted by molar-refractivity contribution is 5.74. The Morgan fingerprint density at radius 3 is 3.00 bits per heavy atom. The Labute approximate surface area is 59.2 Å². The topological polar surface area (TPSA) is 39.0 Å². The second-order valence-electron chi connectivity index (χ2n) is 1.96. The van der Waals surface area contributed by atoms with Crippen LogP contribution in [0.15, 0.2) is 24.5 Å². The second kappa shape index (κ2) is 2.96. The molecule has 0 aliphatic heterocycles. The van der Waals surface area contributed by atoms with Gasteiger partial charge in [0.05, 0.1) is 5.56 Å². The SMILES string of the molecule is C/[N+]([O-])=C/c1cccnc1. The molecule has 3 heteroatoms. The van der Waals surface area contributed by atoms with E-state index < -0.39 is 0 Å². The van der Waals surface area contributed by atoms with Crippen molar-refractivity contribution in [1.82, 2.24) is 4.98 Å². The number of hydroxylamine groups is 1. The maximum absolute atomic E-state index is 10.4. The molecule has 0 bridgehead atoms. The zero-order valence-electron chi connectivity index (χ0n) is 5.69. The van der Waals surface area contributed by atoms with Gasteiger partial charge in [-0.2, -0.15) is 0 Å². The quantitative estimate of drug-likeness (QED) is 0.246. The van der Waals surface area contributed by atoms with Gasteiger partial charge in [0.25, 0.3) is 0 Å². The Kier molecular flexibility index (Phi) is 1.99. The van der Waals surface area contributed by atoms with E-state index in [9.17, 15) is 5.21 Å². The molecule has 10 heavy (non-hydrogen) atoms. The van der Waals surface area contributed by atoms with E-state index in [1.165, 1.54) is 13.3 Å². The molecule has 0 fully saturated rings. The minimum Gasteiger partial charge on any atom is -0.624 e. The first kappa shape index (κ1) is 6.74. The Morgan fingerprint density at radius 1 is 1.70 bits per heavy atom. The first-order chi connectivity index (χ1) is 4.79. The zero-order valence-corrected chi connectivity index (χ0v) is 5.69. The van der Waals surface area contributed by atoms with Crippen LogP contribution in [0, 0.1) is 5.21 Å². The van der Waals surface area contributed by atoms with Gasteiger partial charge in [0, 0.05) is 12.4 Å². The molecule has 0 aliphatic carbocycles. The number of hydrogen-bond donors (Lipinski definition) is 0. The molecule has 1 heterocycles.